The molecule has 1 aromatic carbocycles. The lowest BCUT2D eigenvalue weighted by Gasteiger charge is -2.27. The number of hydrogen-bond acceptors (Lipinski definition) is 3. The highest BCUT2D eigenvalue weighted by Crippen LogP contribution is 2.28. The minimum atomic E-state index is -0.396. The summed E-state index contributed by atoms with van der Waals surface area (Å²) in [6.45, 7) is 8.66. The molecular formula is C15H20ClFN4. The second kappa shape index (κ2) is 6.12. The number of halogens is 2. The molecule has 0 aliphatic rings. The second-order valence-electron chi connectivity index (χ2n) is 5.89. The van der Waals surface area contributed by atoms with Crippen molar-refractivity contribution in [1.82, 2.24) is 20.3 Å². The highest BCUT2D eigenvalue weighted by atomic mass is 35.5. The first-order chi connectivity index (χ1) is 9.79. The monoisotopic (exact) mass is 310 g/mol. The van der Waals surface area contributed by atoms with Crippen molar-refractivity contribution in [2.45, 2.75) is 45.8 Å². The zero-order valence-corrected chi connectivity index (χ0v) is 13.4. The van der Waals surface area contributed by atoms with Crippen molar-refractivity contribution in [3.63, 3.8) is 0 Å². The molecule has 0 unspecified atom stereocenters. The Bertz CT molecular complexity index is 622. The van der Waals surface area contributed by atoms with Gasteiger partial charge in [-0.05, 0) is 45.4 Å². The molecule has 21 heavy (non-hydrogen) atoms. The molecule has 0 fully saturated rings. The van der Waals surface area contributed by atoms with Crippen LogP contribution in [0.3, 0.4) is 0 Å². The fourth-order valence-electron chi connectivity index (χ4n) is 2.05. The number of rotatable bonds is 5. The Morgan fingerprint density at radius 3 is 2.67 bits per heavy atom. The van der Waals surface area contributed by atoms with Crippen LogP contribution >= 0.6 is 11.6 Å². The maximum Gasteiger partial charge on any atom is 0.124 e. The van der Waals surface area contributed by atoms with Gasteiger partial charge < -0.3 is 5.32 Å². The summed E-state index contributed by atoms with van der Waals surface area (Å²) in [5.74, 6) is -0.334. The number of benzene rings is 1. The van der Waals surface area contributed by atoms with Crippen molar-refractivity contribution < 1.29 is 4.39 Å². The van der Waals surface area contributed by atoms with Crippen LogP contribution in [0.2, 0.25) is 5.02 Å². The summed E-state index contributed by atoms with van der Waals surface area (Å²) in [6.07, 6.45) is 1.92. The minimum Gasteiger partial charge on any atom is -0.302 e. The first-order valence-corrected chi connectivity index (χ1v) is 7.28. The van der Waals surface area contributed by atoms with E-state index in [-0.39, 0.29) is 11.9 Å². The lowest BCUT2D eigenvalue weighted by molar-refractivity contribution is 0.398. The maximum atomic E-state index is 13.1. The molecule has 0 amide bonds. The van der Waals surface area contributed by atoms with Crippen LogP contribution in [-0.4, -0.2) is 15.0 Å². The summed E-state index contributed by atoms with van der Waals surface area (Å²) in [6, 6.07) is 4.73. The molecule has 2 rings (SSSR count). The lowest BCUT2D eigenvalue weighted by atomic mass is 9.94. The Balaban J connectivity index is 2.09. The first-order valence-electron chi connectivity index (χ1n) is 6.91. The second-order valence-corrected chi connectivity index (χ2v) is 6.29. The van der Waals surface area contributed by atoms with Gasteiger partial charge in [0.05, 0.1) is 11.9 Å². The molecule has 4 nitrogen and oxygen atoms in total. The standard InChI is InChI=1S/C15H20ClFN4/c1-10(2)21-9-12(19-20-21)8-18-15(3,4)13-6-5-11(17)7-14(13)16/h5-7,9-10,18H,8H2,1-4H3. The molecule has 0 saturated heterocycles. The Hall–Kier alpha value is -1.46. The third-order valence-corrected chi connectivity index (χ3v) is 3.72. The molecule has 0 atom stereocenters. The van der Waals surface area contributed by atoms with Crippen LogP contribution in [-0.2, 0) is 12.1 Å². The molecule has 0 spiro atoms. The van der Waals surface area contributed by atoms with Gasteiger partial charge in [0.2, 0.25) is 0 Å². The molecule has 0 bridgehead atoms. The predicted molar refractivity (Wildman–Crippen MR) is 81.7 cm³/mol. The highest BCUT2D eigenvalue weighted by molar-refractivity contribution is 6.31. The molecule has 6 heteroatoms. The minimum absolute atomic E-state index is 0.283. The van der Waals surface area contributed by atoms with Gasteiger partial charge in [0.15, 0.2) is 0 Å². The molecule has 1 heterocycles. The van der Waals surface area contributed by atoms with E-state index in [1.807, 2.05) is 38.6 Å². The van der Waals surface area contributed by atoms with Gasteiger partial charge in [-0.1, -0.05) is 22.9 Å². The normalized spacial score (nSPS) is 12.1. The SMILES string of the molecule is CC(C)n1cc(CNC(C)(C)c2ccc(F)cc2Cl)nn1. The zero-order valence-electron chi connectivity index (χ0n) is 12.7. The summed E-state index contributed by atoms with van der Waals surface area (Å²) in [7, 11) is 0. The van der Waals surface area contributed by atoms with Crippen LogP contribution in [0, 0.1) is 5.82 Å². The van der Waals surface area contributed by atoms with E-state index in [4.69, 9.17) is 11.6 Å². The Morgan fingerprint density at radius 1 is 1.38 bits per heavy atom. The van der Waals surface area contributed by atoms with E-state index in [0.717, 1.165) is 11.3 Å². The molecule has 0 aliphatic heterocycles. The van der Waals surface area contributed by atoms with Crippen molar-refractivity contribution in [1.29, 1.82) is 0 Å². The summed E-state index contributed by atoms with van der Waals surface area (Å²) < 4.78 is 15.0. The number of aromatic nitrogens is 3. The number of hydrogen-bond donors (Lipinski definition) is 1. The zero-order chi connectivity index (χ0) is 15.6. The third-order valence-electron chi connectivity index (χ3n) is 3.40. The van der Waals surface area contributed by atoms with E-state index in [2.05, 4.69) is 15.6 Å². The van der Waals surface area contributed by atoms with Crippen LogP contribution in [0.4, 0.5) is 4.39 Å². The van der Waals surface area contributed by atoms with Gasteiger partial charge in [-0.2, -0.15) is 0 Å². The van der Waals surface area contributed by atoms with Crippen LogP contribution in [0.25, 0.3) is 0 Å². The number of nitrogens with one attached hydrogen (secondary N) is 1. The molecule has 0 radical (unpaired) electrons. The van der Waals surface area contributed by atoms with E-state index < -0.39 is 5.54 Å². The largest absolute Gasteiger partial charge is 0.302 e. The van der Waals surface area contributed by atoms with Gasteiger partial charge in [-0.25, -0.2) is 9.07 Å². The average Bonchev–Trinajstić information content (AvgIpc) is 2.85. The molecule has 1 N–H and O–H groups in total. The van der Waals surface area contributed by atoms with Crippen LogP contribution < -0.4 is 5.32 Å². The summed E-state index contributed by atoms with van der Waals surface area (Å²) >= 11 is 6.13. The third kappa shape index (κ3) is 3.80. The molecular weight excluding hydrogens is 291 g/mol. The molecule has 0 saturated carbocycles. The fourth-order valence-corrected chi connectivity index (χ4v) is 2.45. The quantitative estimate of drug-likeness (QED) is 0.916. The van der Waals surface area contributed by atoms with E-state index in [1.54, 1.807) is 6.07 Å². The van der Waals surface area contributed by atoms with Gasteiger partial charge in [0.1, 0.15) is 5.82 Å². The van der Waals surface area contributed by atoms with Gasteiger partial charge in [0.25, 0.3) is 0 Å². The Morgan fingerprint density at radius 2 is 2.10 bits per heavy atom. The van der Waals surface area contributed by atoms with Crippen LogP contribution in [0.1, 0.15) is 45.0 Å². The average molecular weight is 311 g/mol. The van der Waals surface area contributed by atoms with E-state index >= 15 is 0 Å². The van der Waals surface area contributed by atoms with Crippen molar-refractivity contribution in [2.75, 3.05) is 0 Å². The van der Waals surface area contributed by atoms with Crippen molar-refractivity contribution in [3.8, 4) is 0 Å². The summed E-state index contributed by atoms with van der Waals surface area (Å²) in [5, 5.41) is 12.0. The van der Waals surface area contributed by atoms with E-state index in [1.165, 1.54) is 12.1 Å². The van der Waals surface area contributed by atoms with Gasteiger partial charge in [-0.3, -0.25) is 0 Å². The summed E-state index contributed by atoms with van der Waals surface area (Å²) in [5.41, 5.74) is 1.31. The molecule has 1 aromatic heterocycles. The van der Waals surface area contributed by atoms with Gasteiger partial charge >= 0.3 is 0 Å². The van der Waals surface area contributed by atoms with Crippen molar-refractivity contribution >= 4 is 11.6 Å². The highest BCUT2D eigenvalue weighted by Gasteiger charge is 2.23. The topological polar surface area (TPSA) is 42.7 Å². The van der Waals surface area contributed by atoms with Crippen LogP contribution in [0.15, 0.2) is 24.4 Å². The first kappa shape index (κ1) is 15.9. The van der Waals surface area contributed by atoms with Crippen molar-refractivity contribution in [2.24, 2.45) is 0 Å². The molecule has 114 valence electrons. The van der Waals surface area contributed by atoms with Gasteiger partial charge in [-0.15, -0.1) is 5.10 Å². The Kier molecular flexibility index (Phi) is 4.64. The van der Waals surface area contributed by atoms with E-state index in [0.29, 0.717) is 11.6 Å². The van der Waals surface area contributed by atoms with Gasteiger partial charge in [0, 0.05) is 23.1 Å². The smallest absolute Gasteiger partial charge is 0.124 e. The summed E-state index contributed by atoms with van der Waals surface area (Å²) in [4.78, 5) is 0. The fraction of sp³-hybridized carbons (Fsp3) is 0.467. The van der Waals surface area contributed by atoms with Crippen LogP contribution in [0.5, 0.6) is 0 Å². The molecule has 2 aromatic rings. The van der Waals surface area contributed by atoms with E-state index in [9.17, 15) is 4.39 Å². The lowest BCUT2D eigenvalue weighted by Crippen LogP contribution is -2.36. The Labute approximate surface area is 129 Å². The van der Waals surface area contributed by atoms with Crippen molar-refractivity contribution in [3.05, 3.63) is 46.5 Å². The molecule has 0 aliphatic carbocycles. The maximum absolute atomic E-state index is 13.1. The predicted octanol–water partition coefficient (Wildman–Crippen LogP) is 3.68. The number of nitrogens with zero attached hydrogens (tertiary/aromatic N) is 3.